The highest BCUT2D eigenvalue weighted by molar-refractivity contribution is 5.71. The Balaban J connectivity index is 1.75. The van der Waals surface area contributed by atoms with E-state index in [2.05, 4.69) is 20.4 Å². The molecule has 0 spiro atoms. The van der Waals surface area contributed by atoms with E-state index in [0.29, 0.717) is 5.92 Å². The first-order valence-electron chi connectivity index (χ1n) is 8.17. The quantitative estimate of drug-likeness (QED) is 0.725. The lowest BCUT2D eigenvalue weighted by molar-refractivity contribution is 0.153. The third-order valence-corrected chi connectivity index (χ3v) is 4.55. The summed E-state index contributed by atoms with van der Waals surface area (Å²) in [6.45, 7) is 2.00. The SMILES string of the molecule is On1ncc(C2CCNCC2)c1-c1cccc(-c2cnccn2)c1. The molecule has 0 atom stereocenters. The van der Waals surface area contributed by atoms with Gasteiger partial charge in [-0.25, -0.2) is 0 Å². The van der Waals surface area contributed by atoms with Crippen LogP contribution in [0.5, 0.6) is 0 Å². The average molecular weight is 321 g/mol. The van der Waals surface area contributed by atoms with Crippen LogP contribution in [0.25, 0.3) is 22.5 Å². The molecule has 0 saturated carbocycles. The maximum atomic E-state index is 10.2. The van der Waals surface area contributed by atoms with Gasteiger partial charge in [0.2, 0.25) is 0 Å². The van der Waals surface area contributed by atoms with Gasteiger partial charge in [0.1, 0.15) is 5.69 Å². The molecule has 122 valence electrons. The van der Waals surface area contributed by atoms with Crippen LogP contribution in [0.3, 0.4) is 0 Å². The summed E-state index contributed by atoms with van der Waals surface area (Å²) in [6, 6.07) is 7.99. The summed E-state index contributed by atoms with van der Waals surface area (Å²) in [4.78, 5) is 9.47. The van der Waals surface area contributed by atoms with Crippen molar-refractivity contribution in [3.05, 3.63) is 54.6 Å². The summed E-state index contributed by atoms with van der Waals surface area (Å²) >= 11 is 0. The molecule has 3 heterocycles. The zero-order valence-corrected chi connectivity index (χ0v) is 13.3. The minimum Gasteiger partial charge on any atom is -0.411 e. The highest BCUT2D eigenvalue weighted by Gasteiger charge is 2.23. The fourth-order valence-electron chi connectivity index (χ4n) is 3.34. The molecular formula is C18H19N5O. The number of hydrogen-bond acceptors (Lipinski definition) is 5. The number of piperidine rings is 1. The number of aromatic nitrogens is 4. The molecule has 1 fully saturated rings. The maximum absolute atomic E-state index is 10.2. The molecule has 0 radical (unpaired) electrons. The van der Waals surface area contributed by atoms with E-state index in [4.69, 9.17) is 0 Å². The summed E-state index contributed by atoms with van der Waals surface area (Å²) in [5.41, 5.74) is 4.60. The van der Waals surface area contributed by atoms with Gasteiger partial charge in [0, 0.05) is 29.1 Å². The second kappa shape index (κ2) is 6.41. The molecule has 24 heavy (non-hydrogen) atoms. The second-order valence-electron chi connectivity index (χ2n) is 6.03. The molecule has 1 aromatic carbocycles. The molecule has 4 rings (SSSR count). The Morgan fingerprint density at radius 2 is 1.92 bits per heavy atom. The van der Waals surface area contributed by atoms with E-state index < -0.39 is 0 Å². The van der Waals surface area contributed by atoms with Gasteiger partial charge in [-0.05, 0) is 37.9 Å². The number of nitrogens with zero attached hydrogens (tertiary/aromatic N) is 4. The van der Waals surface area contributed by atoms with E-state index in [1.54, 1.807) is 24.8 Å². The summed E-state index contributed by atoms with van der Waals surface area (Å²) < 4.78 is 0. The highest BCUT2D eigenvalue weighted by atomic mass is 16.5. The van der Waals surface area contributed by atoms with Gasteiger partial charge in [-0.2, -0.15) is 0 Å². The van der Waals surface area contributed by atoms with Gasteiger partial charge >= 0.3 is 0 Å². The fraction of sp³-hybridized carbons (Fsp3) is 0.278. The molecule has 0 aliphatic carbocycles. The molecule has 1 aliphatic heterocycles. The third-order valence-electron chi connectivity index (χ3n) is 4.55. The lowest BCUT2D eigenvalue weighted by Gasteiger charge is -2.22. The first-order valence-corrected chi connectivity index (χ1v) is 8.17. The monoisotopic (exact) mass is 321 g/mol. The van der Waals surface area contributed by atoms with Crippen molar-refractivity contribution in [3.63, 3.8) is 0 Å². The Kier molecular flexibility index (Phi) is 3.96. The molecule has 1 aliphatic rings. The normalized spacial score (nSPS) is 15.5. The van der Waals surface area contributed by atoms with Crippen molar-refractivity contribution in [2.75, 3.05) is 13.1 Å². The molecular weight excluding hydrogens is 302 g/mol. The van der Waals surface area contributed by atoms with Crippen LogP contribution in [0.15, 0.2) is 49.1 Å². The maximum Gasteiger partial charge on any atom is 0.113 e. The first kappa shape index (κ1) is 14.8. The van der Waals surface area contributed by atoms with Gasteiger partial charge in [0.15, 0.2) is 0 Å². The van der Waals surface area contributed by atoms with Crippen molar-refractivity contribution in [2.45, 2.75) is 18.8 Å². The average Bonchev–Trinajstić information content (AvgIpc) is 3.05. The molecule has 0 amide bonds. The molecule has 0 unspecified atom stereocenters. The fourth-order valence-corrected chi connectivity index (χ4v) is 3.34. The van der Waals surface area contributed by atoms with Crippen molar-refractivity contribution in [1.82, 2.24) is 25.2 Å². The van der Waals surface area contributed by atoms with Crippen LogP contribution >= 0.6 is 0 Å². The Morgan fingerprint density at radius 1 is 1.08 bits per heavy atom. The number of benzene rings is 1. The standard InChI is InChI=1S/C18H19N5O/c24-23-18(16(11-22-23)13-4-6-19-7-5-13)15-3-1-2-14(10-15)17-12-20-8-9-21-17/h1-3,8-13,19,24H,4-7H2. The Hall–Kier alpha value is -2.73. The number of rotatable bonds is 3. The van der Waals surface area contributed by atoms with Gasteiger partial charge in [-0.3, -0.25) is 9.97 Å². The van der Waals surface area contributed by atoms with E-state index in [1.807, 2.05) is 24.3 Å². The van der Waals surface area contributed by atoms with Crippen LogP contribution in [0.4, 0.5) is 0 Å². The van der Waals surface area contributed by atoms with Crippen LogP contribution in [0.1, 0.15) is 24.3 Å². The molecule has 2 aromatic heterocycles. The second-order valence-corrected chi connectivity index (χ2v) is 6.03. The van der Waals surface area contributed by atoms with Crippen LogP contribution in [0.2, 0.25) is 0 Å². The molecule has 3 aromatic rings. The predicted octanol–water partition coefficient (Wildman–Crippen LogP) is 2.71. The van der Waals surface area contributed by atoms with Crippen LogP contribution in [0, 0.1) is 0 Å². The lowest BCUT2D eigenvalue weighted by Crippen LogP contribution is -2.26. The largest absolute Gasteiger partial charge is 0.411 e. The van der Waals surface area contributed by atoms with E-state index in [0.717, 1.165) is 58.9 Å². The molecule has 6 heteroatoms. The smallest absolute Gasteiger partial charge is 0.113 e. The van der Waals surface area contributed by atoms with Crippen molar-refractivity contribution in [1.29, 1.82) is 0 Å². The van der Waals surface area contributed by atoms with Gasteiger partial charge in [-0.15, -0.1) is 9.94 Å². The summed E-state index contributed by atoms with van der Waals surface area (Å²) in [5, 5.41) is 17.7. The minimum atomic E-state index is 0.419. The summed E-state index contributed by atoms with van der Waals surface area (Å²) in [7, 11) is 0. The van der Waals surface area contributed by atoms with Crippen molar-refractivity contribution in [3.8, 4) is 22.5 Å². The molecule has 6 nitrogen and oxygen atoms in total. The zero-order chi connectivity index (χ0) is 16.4. The Labute approximate surface area is 140 Å². The Bertz CT molecular complexity index is 824. The van der Waals surface area contributed by atoms with Crippen LogP contribution in [-0.2, 0) is 0 Å². The third kappa shape index (κ3) is 2.76. The minimum absolute atomic E-state index is 0.419. The highest BCUT2D eigenvalue weighted by Crippen LogP contribution is 2.34. The molecule has 2 N–H and O–H groups in total. The zero-order valence-electron chi connectivity index (χ0n) is 13.3. The van der Waals surface area contributed by atoms with Crippen molar-refractivity contribution < 1.29 is 5.21 Å². The number of nitrogens with one attached hydrogen (secondary N) is 1. The molecule has 1 saturated heterocycles. The van der Waals surface area contributed by atoms with Gasteiger partial charge in [0.05, 0.1) is 18.1 Å². The van der Waals surface area contributed by atoms with Gasteiger partial charge in [0.25, 0.3) is 0 Å². The first-order chi connectivity index (χ1) is 11.8. The van der Waals surface area contributed by atoms with E-state index >= 15 is 0 Å². The molecule has 0 bridgehead atoms. The summed E-state index contributed by atoms with van der Waals surface area (Å²) in [5.74, 6) is 0.419. The summed E-state index contributed by atoms with van der Waals surface area (Å²) in [6.07, 6.45) is 8.98. The topological polar surface area (TPSA) is 75.9 Å². The van der Waals surface area contributed by atoms with E-state index in [9.17, 15) is 5.21 Å². The van der Waals surface area contributed by atoms with Gasteiger partial charge < -0.3 is 10.5 Å². The van der Waals surface area contributed by atoms with E-state index in [1.165, 1.54) is 0 Å². The van der Waals surface area contributed by atoms with Crippen LogP contribution < -0.4 is 5.32 Å². The number of hydrogen-bond donors (Lipinski definition) is 2. The van der Waals surface area contributed by atoms with Crippen molar-refractivity contribution >= 4 is 0 Å². The lowest BCUT2D eigenvalue weighted by atomic mass is 9.88. The van der Waals surface area contributed by atoms with Crippen molar-refractivity contribution in [2.24, 2.45) is 0 Å². The van der Waals surface area contributed by atoms with E-state index in [-0.39, 0.29) is 0 Å². The Morgan fingerprint density at radius 3 is 2.71 bits per heavy atom. The van der Waals surface area contributed by atoms with Gasteiger partial charge in [-0.1, -0.05) is 18.2 Å². The predicted molar refractivity (Wildman–Crippen MR) is 90.7 cm³/mol. The van der Waals surface area contributed by atoms with Crippen LogP contribution in [-0.4, -0.2) is 38.2 Å².